The molecule has 0 aromatic heterocycles. The molecule has 0 fully saturated rings. The smallest absolute Gasteiger partial charge is 0.224 e. The minimum Gasteiger partial charge on any atom is -0.508 e. The number of benzene rings is 1. The number of amides is 1. The van der Waals surface area contributed by atoms with Crippen LogP contribution in [-0.2, 0) is 4.79 Å². The molecule has 0 aliphatic rings. The molecule has 0 saturated heterocycles. The Bertz CT molecular complexity index is 379. The van der Waals surface area contributed by atoms with Gasteiger partial charge in [-0.05, 0) is 31.5 Å². The van der Waals surface area contributed by atoms with Gasteiger partial charge in [0.05, 0.1) is 6.04 Å². The van der Waals surface area contributed by atoms with Crippen LogP contribution in [-0.4, -0.2) is 29.0 Å². The van der Waals surface area contributed by atoms with Gasteiger partial charge in [0, 0.05) is 19.5 Å². The van der Waals surface area contributed by atoms with Crippen LogP contribution in [0, 0.1) is 0 Å². The van der Waals surface area contributed by atoms with Crippen LogP contribution in [0.25, 0.3) is 0 Å². The number of aromatic hydroxyl groups is 1. The van der Waals surface area contributed by atoms with Gasteiger partial charge in [-0.1, -0.05) is 12.1 Å². The summed E-state index contributed by atoms with van der Waals surface area (Å²) in [6, 6.07) is 6.94. The summed E-state index contributed by atoms with van der Waals surface area (Å²) in [5.74, 6) is 0.266. The quantitative estimate of drug-likeness (QED) is 0.817. The molecule has 0 bridgehead atoms. The fraction of sp³-hybridized carbons (Fsp3) is 0.462. The van der Waals surface area contributed by atoms with Gasteiger partial charge in [-0.15, -0.1) is 0 Å². The molecule has 1 aromatic rings. The second-order valence-corrected chi connectivity index (χ2v) is 3.99. The Labute approximate surface area is 102 Å². The molecule has 17 heavy (non-hydrogen) atoms. The number of carbonyl (C=O) groups excluding carboxylic acids is 1. The fourth-order valence-electron chi connectivity index (χ4n) is 1.90. The minimum atomic E-state index is -0.0499. The van der Waals surface area contributed by atoms with Crippen molar-refractivity contribution in [3.05, 3.63) is 29.8 Å². The highest BCUT2D eigenvalue weighted by Gasteiger charge is 2.19. The Kier molecular flexibility index (Phi) is 4.97. The third-order valence-corrected chi connectivity index (χ3v) is 2.84. The summed E-state index contributed by atoms with van der Waals surface area (Å²) in [7, 11) is 0. The van der Waals surface area contributed by atoms with Crippen LogP contribution in [0.5, 0.6) is 5.75 Å². The first-order valence-electron chi connectivity index (χ1n) is 5.88. The topological polar surface area (TPSA) is 66.6 Å². The van der Waals surface area contributed by atoms with Crippen molar-refractivity contribution in [1.82, 2.24) is 4.90 Å². The van der Waals surface area contributed by atoms with Gasteiger partial charge in [0.25, 0.3) is 0 Å². The van der Waals surface area contributed by atoms with Gasteiger partial charge in [0.1, 0.15) is 5.75 Å². The fourth-order valence-corrected chi connectivity index (χ4v) is 1.90. The van der Waals surface area contributed by atoms with Crippen molar-refractivity contribution >= 4 is 5.91 Å². The van der Waals surface area contributed by atoms with Gasteiger partial charge in [0.2, 0.25) is 5.91 Å². The molecular weight excluding hydrogens is 216 g/mol. The van der Waals surface area contributed by atoms with Crippen molar-refractivity contribution in [1.29, 1.82) is 0 Å². The summed E-state index contributed by atoms with van der Waals surface area (Å²) < 4.78 is 0. The van der Waals surface area contributed by atoms with Crippen LogP contribution >= 0.6 is 0 Å². The van der Waals surface area contributed by atoms with E-state index in [2.05, 4.69) is 0 Å². The summed E-state index contributed by atoms with van der Waals surface area (Å²) in [4.78, 5) is 13.6. The van der Waals surface area contributed by atoms with E-state index in [-0.39, 0.29) is 17.7 Å². The first-order valence-corrected chi connectivity index (χ1v) is 5.88. The molecular formula is C13H20N2O2. The van der Waals surface area contributed by atoms with Crippen LogP contribution in [0.4, 0.5) is 0 Å². The van der Waals surface area contributed by atoms with Gasteiger partial charge in [-0.3, -0.25) is 4.79 Å². The van der Waals surface area contributed by atoms with E-state index in [1.807, 2.05) is 19.9 Å². The molecule has 0 saturated carbocycles. The zero-order valence-electron chi connectivity index (χ0n) is 10.4. The SMILES string of the molecule is CCN(C(=O)CCN)C(C)c1cccc(O)c1. The second kappa shape index (κ2) is 6.25. The summed E-state index contributed by atoms with van der Waals surface area (Å²) in [6.07, 6.45) is 0.358. The number of hydrogen-bond acceptors (Lipinski definition) is 3. The molecule has 0 radical (unpaired) electrons. The van der Waals surface area contributed by atoms with Gasteiger partial charge in [0.15, 0.2) is 0 Å². The van der Waals surface area contributed by atoms with E-state index < -0.39 is 0 Å². The summed E-state index contributed by atoms with van der Waals surface area (Å²) >= 11 is 0. The summed E-state index contributed by atoms with van der Waals surface area (Å²) in [5, 5.41) is 9.43. The lowest BCUT2D eigenvalue weighted by Crippen LogP contribution is -2.34. The molecule has 4 nitrogen and oxygen atoms in total. The van der Waals surface area contributed by atoms with E-state index in [0.717, 1.165) is 5.56 Å². The highest BCUT2D eigenvalue weighted by Crippen LogP contribution is 2.23. The predicted molar refractivity (Wildman–Crippen MR) is 67.6 cm³/mol. The number of nitrogens with two attached hydrogens (primary N) is 1. The second-order valence-electron chi connectivity index (χ2n) is 3.99. The van der Waals surface area contributed by atoms with Gasteiger partial charge < -0.3 is 15.7 Å². The van der Waals surface area contributed by atoms with E-state index in [9.17, 15) is 9.90 Å². The summed E-state index contributed by atoms with van der Waals surface area (Å²) in [6.45, 7) is 4.89. The normalized spacial score (nSPS) is 12.2. The maximum Gasteiger partial charge on any atom is 0.224 e. The summed E-state index contributed by atoms with van der Waals surface area (Å²) in [5.41, 5.74) is 6.33. The average Bonchev–Trinajstić information content (AvgIpc) is 2.30. The number of phenols is 1. The van der Waals surface area contributed by atoms with Gasteiger partial charge in [-0.2, -0.15) is 0 Å². The van der Waals surface area contributed by atoms with E-state index in [4.69, 9.17) is 5.73 Å². The monoisotopic (exact) mass is 236 g/mol. The van der Waals surface area contributed by atoms with Crippen LogP contribution in [0.15, 0.2) is 24.3 Å². The van der Waals surface area contributed by atoms with Crippen molar-refractivity contribution < 1.29 is 9.90 Å². The zero-order valence-corrected chi connectivity index (χ0v) is 10.4. The Hall–Kier alpha value is -1.55. The predicted octanol–water partition coefficient (Wildman–Crippen LogP) is 1.65. The Balaban J connectivity index is 2.85. The lowest BCUT2D eigenvalue weighted by molar-refractivity contribution is -0.132. The number of carbonyl (C=O) groups is 1. The van der Waals surface area contributed by atoms with E-state index >= 15 is 0 Å². The maximum absolute atomic E-state index is 11.9. The van der Waals surface area contributed by atoms with Crippen molar-refractivity contribution in [3.8, 4) is 5.75 Å². The first-order chi connectivity index (χ1) is 8.10. The van der Waals surface area contributed by atoms with Crippen LogP contribution in [0.1, 0.15) is 31.9 Å². The minimum absolute atomic E-state index is 0.0471. The molecule has 0 heterocycles. The van der Waals surface area contributed by atoms with Crippen molar-refractivity contribution in [2.75, 3.05) is 13.1 Å². The molecule has 1 unspecified atom stereocenters. The van der Waals surface area contributed by atoms with Crippen LogP contribution in [0.2, 0.25) is 0 Å². The average molecular weight is 236 g/mol. The Morgan fingerprint density at radius 3 is 2.76 bits per heavy atom. The Morgan fingerprint density at radius 2 is 2.24 bits per heavy atom. The van der Waals surface area contributed by atoms with Crippen molar-refractivity contribution in [2.24, 2.45) is 5.73 Å². The third-order valence-electron chi connectivity index (χ3n) is 2.84. The van der Waals surface area contributed by atoms with Gasteiger partial charge >= 0.3 is 0 Å². The lowest BCUT2D eigenvalue weighted by atomic mass is 10.1. The largest absolute Gasteiger partial charge is 0.508 e. The molecule has 1 atom stereocenters. The standard InChI is InChI=1S/C13H20N2O2/c1-3-15(13(17)7-8-14)10(2)11-5-4-6-12(16)9-11/h4-6,9-10,16H,3,7-8,14H2,1-2H3. The highest BCUT2D eigenvalue weighted by molar-refractivity contribution is 5.76. The van der Waals surface area contributed by atoms with Crippen molar-refractivity contribution in [3.63, 3.8) is 0 Å². The third kappa shape index (κ3) is 3.46. The molecule has 0 aliphatic heterocycles. The lowest BCUT2D eigenvalue weighted by Gasteiger charge is -2.28. The highest BCUT2D eigenvalue weighted by atomic mass is 16.3. The molecule has 1 aromatic carbocycles. The molecule has 1 amide bonds. The number of nitrogens with zero attached hydrogens (tertiary/aromatic N) is 1. The van der Waals surface area contributed by atoms with Crippen LogP contribution in [0.3, 0.4) is 0 Å². The van der Waals surface area contributed by atoms with Gasteiger partial charge in [-0.25, -0.2) is 0 Å². The molecule has 4 heteroatoms. The number of phenolic OH excluding ortho intramolecular Hbond substituents is 1. The van der Waals surface area contributed by atoms with E-state index in [0.29, 0.717) is 19.5 Å². The molecule has 94 valence electrons. The first kappa shape index (κ1) is 13.5. The number of rotatable bonds is 5. The maximum atomic E-state index is 11.9. The molecule has 1 rings (SSSR count). The Morgan fingerprint density at radius 1 is 1.53 bits per heavy atom. The molecule has 0 spiro atoms. The molecule has 0 aliphatic carbocycles. The number of hydrogen-bond donors (Lipinski definition) is 2. The van der Waals surface area contributed by atoms with E-state index in [1.54, 1.807) is 23.1 Å². The molecule has 3 N–H and O–H groups in total. The van der Waals surface area contributed by atoms with Crippen molar-refractivity contribution in [2.45, 2.75) is 26.3 Å². The van der Waals surface area contributed by atoms with E-state index in [1.165, 1.54) is 0 Å². The van der Waals surface area contributed by atoms with Crippen LogP contribution < -0.4 is 5.73 Å². The zero-order chi connectivity index (χ0) is 12.8.